The van der Waals surface area contributed by atoms with Gasteiger partial charge >= 0.3 is 11.9 Å². The van der Waals surface area contributed by atoms with Crippen LogP contribution >= 0.6 is 0 Å². The zero-order chi connectivity index (χ0) is 53.8. The summed E-state index contributed by atoms with van der Waals surface area (Å²) in [6.07, 6.45) is -8.12. The molecule has 6 rings (SSSR count). The Balaban J connectivity index is 1.42. The van der Waals surface area contributed by atoms with Crippen LogP contribution in [0.2, 0.25) is 0 Å². The number of carbonyl (C=O) groups is 7. The second-order valence-corrected chi connectivity index (χ2v) is 17.5. The minimum absolute atomic E-state index is 0.216. The van der Waals surface area contributed by atoms with Crippen LogP contribution in [0.1, 0.15) is 40.5 Å². The van der Waals surface area contributed by atoms with Crippen LogP contribution in [0.3, 0.4) is 0 Å². The molecule has 6 atom stereocenters. The molecule has 2 unspecified atom stereocenters. The van der Waals surface area contributed by atoms with Crippen LogP contribution in [-0.2, 0) is 43.0 Å². The van der Waals surface area contributed by atoms with Crippen molar-refractivity contribution in [2.24, 2.45) is 11.8 Å². The molecule has 17 nitrogen and oxygen atoms in total. The number of para-hydroxylation sites is 4. The molecule has 0 saturated carbocycles. The number of pyridine rings is 2. The number of methoxy groups -OCH3 is 2. The Morgan fingerprint density at radius 3 is 1.16 bits per heavy atom. The van der Waals surface area contributed by atoms with E-state index in [1.54, 1.807) is 88.4 Å². The van der Waals surface area contributed by atoms with Gasteiger partial charge in [0.25, 0.3) is 0 Å². The maximum Gasteiger partial charge on any atom is 0.308 e. The SMILES string of the molecule is COC(=O)C[C@H](NC(=O)[C@@H](Nc1ccc2ccccc2n1)C(C)C)C(=O)C(Oc1c(F)cccc1F)C(=O)C(Oc1c(F)cccc1F)C(=O)[C@H](CC(=O)OC)NC(=O)[C@@H](Nc1ccc2ccccc2n1)C(C)C. The highest BCUT2D eigenvalue weighted by atomic mass is 19.1. The molecule has 4 N–H and O–H groups in total. The second kappa shape index (κ2) is 24.8. The van der Waals surface area contributed by atoms with Crippen LogP contribution in [0.5, 0.6) is 11.5 Å². The number of hydrogen-bond acceptors (Lipinski definition) is 15. The van der Waals surface area contributed by atoms with Crippen molar-refractivity contribution in [2.75, 3.05) is 24.9 Å². The molecule has 0 aliphatic rings. The summed E-state index contributed by atoms with van der Waals surface area (Å²) in [6, 6.07) is 18.5. The number of carbonyl (C=O) groups excluding carboxylic acids is 7. The summed E-state index contributed by atoms with van der Waals surface area (Å²) in [5.74, 6) is -19.0. The maximum atomic E-state index is 15.5. The minimum Gasteiger partial charge on any atom is -0.469 e. The van der Waals surface area contributed by atoms with Crippen molar-refractivity contribution in [1.29, 1.82) is 0 Å². The van der Waals surface area contributed by atoms with Gasteiger partial charge in [-0.3, -0.25) is 33.6 Å². The summed E-state index contributed by atoms with van der Waals surface area (Å²) in [5.41, 5.74) is 1.12. The quantitative estimate of drug-likeness (QED) is 0.0284. The zero-order valence-corrected chi connectivity index (χ0v) is 40.8. The second-order valence-electron chi connectivity index (χ2n) is 17.5. The van der Waals surface area contributed by atoms with Crippen LogP contribution in [0.4, 0.5) is 29.2 Å². The predicted octanol–water partition coefficient (Wildman–Crippen LogP) is 6.61. The monoisotopic (exact) mass is 1020 g/mol. The fourth-order valence-electron chi connectivity index (χ4n) is 7.59. The molecule has 388 valence electrons. The number of nitrogens with zero attached hydrogens (tertiary/aromatic N) is 2. The van der Waals surface area contributed by atoms with Crippen molar-refractivity contribution in [2.45, 2.75) is 76.9 Å². The fourth-order valence-corrected chi connectivity index (χ4v) is 7.59. The molecule has 21 heteroatoms. The third-order valence-electron chi connectivity index (χ3n) is 11.6. The van der Waals surface area contributed by atoms with E-state index >= 15 is 22.4 Å². The number of rotatable bonds is 24. The lowest BCUT2D eigenvalue weighted by atomic mass is 9.92. The number of aromatic nitrogens is 2. The van der Waals surface area contributed by atoms with Gasteiger partial charge in [0, 0.05) is 10.8 Å². The van der Waals surface area contributed by atoms with Gasteiger partial charge in [0.2, 0.25) is 41.4 Å². The first-order chi connectivity index (χ1) is 35.3. The first-order valence-corrected chi connectivity index (χ1v) is 23.1. The van der Waals surface area contributed by atoms with E-state index in [0.717, 1.165) is 37.1 Å². The lowest BCUT2D eigenvalue weighted by Crippen LogP contribution is -2.59. The van der Waals surface area contributed by atoms with E-state index in [2.05, 4.69) is 31.2 Å². The topological polar surface area (TPSA) is 230 Å². The van der Waals surface area contributed by atoms with Gasteiger partial charge in [-0.05, 0) is 72.5 Å². The Hall–Kier alpha value is -8.49. The summed E-state index contributed by atoms with van der Waals surface area (Å²) >= 11 is 0. The molecule has 74 heavy (non-hydrogen) atoms. The highest BCUT2D eigenvalue weighted by Crippen LogP contribution is 2.28. The molecule has 0 radical (unpaired) electrons. The number of amides is 2. The molecular formula is C53H52F4N6O11. The Bertz CT molecular complexity index is 2830. The van der Waals surface area contributed by atoms with Crippen LogP contribution in [0.25, 0.3) is 21.8 Å². The van der Waals surface area contributed by atoms with E-state index in [1.807, 2.05) is 12.1 Å². The van der Waals surface area contributed by atoms with Gasteiger partial charge in [-0.15, -0.1) is 0 Å². The molecule has 0 bridgehead atoms. The molecule has 0 saturated heterocycles. The summed E-state index contributed by atoms with van der Waals surface area (Å²) in [5, 5.41) is 12.2. The molecule has 2 heterocycles. The van der Waals surface area contributed by atoms with Gasteiger partial charge < -0.3 is 40.2 Å². The Kier molecular flexibility index (Phi) is 18.3. The van der Waals surface area contributed by atoms with E-state index in [1.165, 1.54) is 0 Å². The fraction of sp³-hybridized carbons (Fsp3) is 0.302. The van der Waals surface area contributed by atoms with E-state index in [-0.39, 0.29) is 11.6 Å². The Morgan fingerprint density at radius 2 is 0.824 bits per heavy atom. The molecule has 0 fully saturated rings. The van der Waals surface area contributed by atoms with Crippen LogP contribution < -0.4 is 30.7 Å². The van der Waals surface area contributed by atoms with Gasteiger partial charge in [0.05, 0.1) is 38.1 Å². The van der Waals surface area contributed by atoms with Gasteiger partial charge in [0.1, 0.15) is 35.8 Å². The first kappa shape index (κ1) is 54.8. The van der Waals surface area contributed by atoms with Crippen molar-refractivity contribution >= 4 is 74.5 Å². The van der Waals surface area contributed by atoms with Crippen molar-refractivity contribution < 1.29 is 70.1 Å². The minimum atomic E-state index is -2.99. The molecule has 0 aliphatic heterocycles. The summed E-state index contributed by atoms with van der Waals surface area (Å²) in [6.45, 7) is 6.52. The molecule has 2 amide bonds. The lowest BCUT2D eigenvalue weighted by Gasteiger charge is -2.30. The number of halogens is 4. The average Bonchev–Trinajstić information content (AvgIpc) is 3.37. The molecule has 0 aliphatic carbocycles. The predicted molar refractivity (Wildman–Crippen MR) is 262 cm³/mol. The van der Waals surface area contributed by atoms with E-state index in [4.69, 9.17) is 18.9 Å². The number of Topliss-reactive ketones (excluding diaryl/α,β-unsaturated/α-hetero) is 3. The summed E-state index contributed by atoms with van der Waals surface area (Å²) in [4.78, 5) is 109. The van der Waals surface area contributed by atoms with Gasteiger partial charge in [-0.2, -0.15) is 0 Å². The number of ether oxygens (including phenoxy) is 4. The van der Waals surface area contributed by atoms with Crippen molar-refractivity contribution in [3.05, 3.63) is 132 Å². The lowest BCUT2D eigenvalue weighted by molar-refractivity contribution is -0.152. The van der Waals surface area contributed by atoms with Gasteiger partial charge in [-0.25, -0.2) is 27.5 Å². The highest BCUT2D eigenvalue weighted by molar-refractivity contribution is 6.19. The number of ketones is 3. The zero-order valence-electron chi connectivity index (χ0n) is 40.8. The summed E-state index contributed by atoms with van der Waals surface area (Å²) in [7, 11) is 1.87. The molecule has 6 aromatic rings. The number of nitrogens with one attached hydrogen (secondary N) is 4. The summed E-state index contributed by atoms with van der Waals surface area (Å²) < 4.78 is 82.5. The van der Waals surface area contributed by atoms with Crippen LogP contribution in [-0.4, -0.2) is 102 Å². The van der Waals surface area contributed by atoms with Crippen molar-refractivity contribution in [3.8, 4) is 11.5 Å². The smallest absolute Gasteiger partial charge is 0.308 e. The van der Waals surface area contributed by atoms with E-state index < -0.39 is 137 Å². The Labute approximate surface area is 421 Å². The van der Waals surface area contributed by atoms with E-state index in [0.29, 0.717) is 35.3 Å². The normalized spacial score (nSPS) is 13.7. The first-order valence-electron chi connectivity index (χ1n) is 23.1. The number of hydrogen-bond donors (Lipinski definition) is 4. The number of fused-ring (bicyclic) bond motifs is 2. The van der Waals surface area contributed by atoms with E-state index in [9.17, 15) is 28.8 Å². The molecule has 0 spiro atoms. The Morgan fingerprint density at radius 1 is 0.473 bits per heavy atom. The van der Waals surface area contributed by atoms with Gasteiger partial charge in [-0.1, -0.05) is 76.2 Å². The van der Waals surface area contributed by atoms with Crippen molar-refractivity contribution in [3.63, 3.8) is 0 Å². The largest absolute Gasteiger partial charge is 0.469 e. The number of anilines is 2. The maximum absolute atomic E-state index is 15.5. The third-order valence-corrected chi connectivity index (χ3v) is 11.6. The number of esters is 2. The number of benzene rings is 4. The molecule has 2 aromatic heterocycles. The molecular weight excluding hydrogens is 973 g/mol. The van der Waals surface area contributed by atoms with Crippen LogP contribution in [0.15, 0.2) is 109 Å². The molecule has 4 aromatic carbocycles. The van der Waals surface area contributed by atoms with Crippen molar-refractivity contribution in [1.82, 2.24) is 20.6 Å². The third kappa shape index (κ3) is 13.5. The highest BCUT2D eigenvalue weighted by Gasteiger charge is 2.47. The van der Waals surface area contributed by atoms with Gasteiger partial charge in [0.15, 0.2) is 34.8 Å². The standard InChI is InChI=1S/C53H52F4N6O11/c1-27(2)43(62-39-23-21-29-13-7-9-19-35(29)58-39)52(69)60-37(25-41(64)71-5)45(66)50(73-48-31(54)15-11-16-32(48)55)47(68)51(74-49-33(56)17-12-18-34(49)57)46(67)38(26-42(65)72-6)61-53(70)44(28(3)4)63-40-24-22-30-14-8-10-20-36(30)59-40/h7-24,27-28,37-38,43-44,50-51H,25-26H2,1-6H3,(H,58,62)(H,59,63)(H,60,69)(H,61,70)/t37-,38-,43-,44-,50?,51?/m0/s1. The van der Waals surface area contributed by atoms with Crippen LogP contribution in [0, 0.1) is 35.1 Å². The average molecular weight is 1030 g/mol.